The molecular formula is C13H21N. The first-order valence-corrected chi connectivity index (χ1v) is 5.64. The van der Waals surface area contributed by atoms with Crippen LogP contribution in [-0.4, -0.2) is 6.54 Å². The summed E-state index contributed by atoms with van der Waals surface area (Å²) in [7, 11) is 0. The van der Waals surface area contributed by atoms with Crippen molar-refractivity contribution in [2.24, 2.45) is 5.73 Å². The summed E-state index contributed by atoms with van der Waals surface area (Å²) in [5, 5.41) is 0. The maximum absolute atomic E-state index is 5.47. The van der Waals surface area contributed by atoms with E-state index in [1.165, 1.54) is 30.4 Å². The van der Waals surface area contributed by atoms with Crippen LogP contribution in [0.3, 0.4) is 0 Å². The summed E-state index contributed by atoms with van der Waals surface area (Å²) < 4.78 is 0. The lowest BCUT2D eigenvalue weighted by atomic mass is 10.0. The number of unbranched alkanes of at least 4 members (excludes halogenated alkanes) is 1. The van der Waals surface area contributed by atoms with E-state index in [2.05, 4.69) is 31.2 Å². The van der Waals surface area contributed by atoms with E-state index in [1.807, 2.05) is 0 Å². The van der Waals surface area contributed by atoms with Gasteiger partial charge in [-0.15, -0.1) is 0 Å². The number of nitrogens with two attached hydrogens (primary N) is 1. The van der Waals surface area contributed by atoms with Gasteiger partial charge in [-0.3, -0.25) is 0 Å². The molecule has 0 aliphatic heterocycles. The molecule has 78 valence electrons. The van der Waals surface area contributed by atoms with Crippen LogP contribution in [0.25, 0.3) is 0 Å². The molecule has 0 heterocycles. The molecule has 2 N–H and O–H groups in total. The number of hydrogen-bond acceptors (Lipinski definition) is 1. The Morgan fingerprint density at radius 1 is 0.929 bits per heavy atom. The van der Waals surface area contributed by atoms with Gasteiger partial charge in [0.05, 0.1) is 0 Å². The molecule has 0 aliphatic rings. The van der Waals surface area contributed by atoms with E-state index in [-0.39, 0.29) is 0 Å². The van der Waals surface area contributed by atoms with Gasteiger partial charge in [0.1, 0.15) is 0 Å². The maximum atomic E-state index is 5.47. The summed E-state index contributed by atoms with van der Waals surface area (Å²) >= 11 is 0. The molecule has 1 aromatic rings. The molecule has 0 saturated carbocycles. The fourth-order valence-corrected chi connectivity index (χ4v) is 1.56. The minimum Gasteiger partial charge on any atom is -0.330 e. The van der Waals surface area contributed by atoms with Crippen molar-refractivity contribution in [3.8, 4) is 0 Å². The Kier molecular flexibility index (Phi) is 5.31. The Labute approximate surface area is 87.3 Å². The van der Waals surface area contributed by atoms with Gasteiger partial charge in [0.2, 0.25) is 0 Å². The third-order valence-electron chi connectivity index (χ3n) is 2.51. The van der Waals surface area contributed by atoms with E-state index in [0.717, 1.165) is 19.4 Å². The highest BCUT2D eigenvalue weighted by Gasteiger charge is 1.94. The number of aryl methyl sites for hydroxylation is 2. The molecule has 14 heavy (non-hydrogen) atoms. The second kappa shape index (κ2) is 6.61. The Bertz CT molecular complexity index is 211. The normalized spacial score (nSPS) is 10.4. The van der Waals surface area contributed by atoms with Gasteiger partial charge in [-0.25, -0.2) is 0 Å². The van der Waals surface area contributed by atoms with E-state index < -0.39 is 0 Å². The predicted octanol–water partition coefficient (Wildman–Crippen LogP) is 2.92. The quantitative estimate of drug-likeness (QED) is 0.735. The molecule has 0 fully saturated rings. The van der Waals surface area contributed by atoms with Crippen LogP contribution in [0, 0.1) is 0 Å². The largest absolute Gasteiger partial charge is 0.330 e. The third kappa shape index (κ3) is 3.93. The van der Waals surface area contributed by atoms with E-state index in [0.29, 0.717) is 0 Å². The SMILES string of the molecule is CCCCc1ccc(CCCN)cc1. The van der Waals surface area contributed by atoms with Crippen LogP contribution in [0.2, 0.25) is 0 Å². The first kappa shape index (κ1) is 11.3. The third-order valence-corrected chi connectivity index (χ3v) is 2.51. The Hall–Kier alpha value is -0.820. The van der Waals surface area contributed by atoms with Crippen LogP contribution < -0.4 is 5.73 Å². The Balaban J connectivity index is 2.42. The summed E-state index contributed by atoms with van der Waals surface area (Å²) in [5.74, 6) is 0. The highest BCUT2D eigenvalue weighted by molar-refractivity contribution is 5.22. The summed E-state index contributed by atoms with van der Waals surface area (Å²) in [6.45, 7) is 3.02. The van der Waals surface area contributed by atoms with Crippen LogP contribution >= 0.6 is 0 Å². The first-order valence-electron chi connectivity index (χ1n) is 5.64. The maximum Gasteiger partial charge on any atom is -0.00741 e. The van der Waals surface area contributed by atoms with Crippen molar-refractivity contribution in [1.82, 2.24) is 0 Å². The van der Waals surface area contributed by atoms with Gasteiger partial charge >= 0.3 is 0 Å². The van der Waals surface area contributed by atoms with Crippen molar-refractivity contribution < 1.29 is 0 Å². The summed E-state index contributed by atoms with van der Waals surface area (Å²) in [5.41, 5.74) is 8.35. The lowest BCUT2D eigenvalue weighted by Gasteiger charge is -2.02. The minimum atomic E-state index is 0.789. The zero-order valence-electron chi connectivity index (χ0n) is 9.13. The minimum absolute atomic E-state index is 0.789. The highest BCUT2D eigenvalue weighted by atomic mass is 14.5. The molecule has 0 unspecified atom stereocenters. The smallest absolute Gasteiger partial charge is 0.00741 e. The molecule has 0 spiro atoms. The van der Waals surface area contributed by atoms with E-state index in [4.69, 9.17) is 5.73 Å². The number of rotatable bonds is 6. The van der Waals surface area contributed by atoms with E-state index in [1.54, 1.807) is 0 Å². The molecule has 0 bridgehead atoms. The van der Waals surface area contributed by atoms with Gasteiger partial charge in [-0.05, 0) is 43.4 Å². The van der Waals surface area contributed by atoms with Crippen LogP contribution in [-0.2, 0) is 12.8 Å². The molecule has 0 aliphatic carbocycles. The summed E-state index contributed by atoms with van der Waals surface area (Å²) in [6.07, 6.45) is 5.99. The standard InChI is InChI=1S/C13H21N/c1-2-3-5-12-7-9-13(10-8-12)6-4-11-14/h7-10H,2-6,11,14H2,1H3. The van der Waals surface area contributed by atoms with Crippen LogP contribution in [0.15, 0.2) is 24.3 Å². The molecule has 0 aromatic heterocycles. The van der Waals surface area contributed by atoms with Crippen molar-refractivity contribution >= 4 is 0 Å². The van der Waals surface area contributed by atoms with Crippen molar-refractivity contribution in [3.63, 3.8) is 0 Å². The second-order valence-corrected chi connectivity index (χ2v) is 3.81. The molecule has 1 nitrogen and oxygen atoms in total. The molecule has 0 amide bonds. The van der Waals surface area contributed by atoms with Gasteiger partial charge in [0.25, 0.3) is 0 Å². The van der Waals surface area contributed by atoms with Crippen molar-refractivity contribution in [1.29, 1.82) is 0 Å². The Morgan fingerprint density at radius 2 is 1.43 bits per heavy atom. The lowest BCUT2D eigenvalue weighted by Crippen LogP contribution is -2.00. The molecular weight excluding hydrogens is 170 g/mol. The monoisotopic (exact) mass is 191 g/mol. The summed E-state index contributed by atoms with van der Waals surface area (Å²) in [4.78, 5) is 0. The summed E-state index contributed by atoms with van der Waals surface area (Å²) in [6, 6.07) is 8.98. The topological polar surface area (TPSA) is 26.0 Å². The zero-order valence-corrected chi connectivity index (χ0v) is 9.13. The van der Waals surface area contributed by atoms with Crippen LogP contribution in [0.1, 0.15) is 37.3 Å². The number of hydrogen-bond donors (Lipinski definition) is 1. The Morgan fingerprint density at radius 3 is 1.86 bits per heavy atom. The lowest BCUT2D eigenvalue weighted by molar-refractivity contribution is 0.793. The average molecular weight is 191 g/mol. The van der Waals surface area contributed by atoms with E-state index >= 15 is 0 Å². The zero-order chi connectivity index (χ0) is 10.2. The average Bonchev–Trinajstić information content (AvgIpc) is 2.25. The second-order valence-electron chi connectivity index (χ2n) is 3.81. The van der Waals surface area contributed by atoms with Gasteiger partial charge in [-0.1, -0.05) is 37.6 Å². The highest BCUT2D eigenvalue weighted by Crippen LogP contribution is 2.09. The molecule has 0 saturated heterocycles. The van der Waals surface area contributed by atoms with Gasteiger partial charge in [0.15, 0.2) is 0 Å². The molecule has 0 radical (unpaired) electrons. The fraction of sp³-hybridized carbons (Fsp3) is 0.538. The van der Waals surface area contributed by atoms with Crippen molar-refractivity contribution in [2.75, 3.05) is 6.54 Å². The van der Waals surface area contributed by atoms with E-state index in [9.17, 15) is 0 Å². The van der Waals surface area contributed by atoms with Gasteiger partial charge < -0.3 is 5.73 Å². The predicted molar refractivity (Wildman–Crippen MR) is 62.4 cm³/mol. The molecule has 1 heteroatoms. The number of benzene rings is 1. The molecule has 0 atom stereocenters. The van der Waals surface area contributed by atoms with Crippen LogP contribution in [0.4, 0.5) is 0 Å². The first-order chi connectivity index (χ1) is 6.86. The molecule has 1 rings (SSSR count). The van der Waals surface area contributed by atoms with Crippen molar-refractivity contribution in [2.45, 2.75) is 39.0 Å². The van der Waals surface area contributed by atoms with Gasteiger partial charge in [-0.2, -0.15) is 0 Å². The van der Waals surface area contributed by atoms with Gasteiger partial charge in [0, 0.05) is 0 Å². The fourth-order valence-electron chi connectivity index (χ4n) is 1.56. The van der Waals surface area contributed by atoms with Crippen LogP contribution in [0.5, 0.6) is 0 Å². The molecule has 1 aromatic carbocycles. The van der Waals surface area contributed by atoms with Crippen molar-refractivity contribution in [3.05, 3.63) is 35.4 Å².